The van der Waals surface area contributed by atoms with E-state index in [-0.39, 0.29) is 24.0 Å². The van der Waals surface area contributed by atoms with E-state index in [1.807, 2.05) is 12.3 Å². The molecule has 1 N–H and O–H groups in total. The highest BCUT2D eigenvalue weighted by molar-refractivity contribution is 14.0. The van der Waals surface area contributed by atoms with Crippen molar-refractivity contribution in [2.24, 2.45) is 0 Å². The standard InChI is InChI=1S/C6H5N3.HI/c1-2-8-6-5(1)3-7-4-9-6;/h1-4H,(H,7,8,9);1H. The van der Waals surface area contributed by atoms with Gasteiger partial charge in [0.1, 0.15) is 12.0 Å². The van der Waals surface area contributed by atoms with Gasteiger partial charge in [-0.15, -0.1) is 24.0 Å². The SMILES string of the molecule is I.c1ncc2cc[nH]c2n1. The van der Waals surface area contributed by atoms with Gasteiger partial charge >= 0.3 is 0 Å². The van der Waals surface area contributed by atoms with E-state index in [0.717, 1.165) is 11.0 Å². The highest BCUT2D eigenvalue weighted by Gasteiger charge is 1.89. The van der Waals surface area contributed by atoms with E-state index in [0.29, 0.717) is 0 Å². The van der Waals surface area contributed by atoms with Crippen LogP contribution in [-0.2, 0) is 0 Å². The van der Waals surface area contributed by atoms with Crippen LogP contribution in [0, 0.1) is 0 Å². The van der Waals surface area contributed by atoms with Gasteiger partial charge in [-0.3, -0.25) is 0 Å². The molecule has 2 rings (SSSR count). The molecule has 0 aliphatic rings. The summed E-state index contributed by atoms with van der Waals surface area (Å²) < 4.78 is 0. The maximum atomic E-state index is 3.97. The summed E-state index contributed by atoms with van der Waals surface area (Å²) in [6, 6.07) is 1.94. The fourth-order valence-corrected chi connectivity index (χ4v) is 0.793. The lowest BCUT2D eigenvalue weighted by Gasteiger charge is -1.81. The molecule has 0 fully saturated rings. The normalized spacial score (nSPS) is 9.20. The number of halogens is 1. The minimum Gasteiger partial charge on any atom is -0.346 e. The van der Waals surface area contributed by atoms with Crippen LogP contribution < -0.4 is 0 Å². The molecule has 0 bridgehead atoms. The average Bonchev–Trinajstić information content (AvgIpc) is 2.33. The predicted octanol–water partition coefficient (Wildman–Crippen LogP) is 1.58. The first-order valence-electron chi connectivity index (χ1n) is 2.70. The zero-order chi connectivity index (χ0) is 6.10. The van der Waals surface area contributed by atoms with Gasteiger partial charge in [-0.25, -0.2) is 9.97 Å². The van der Waals surface area contributed by atoms with Gasteiger partial charge in [0.15, 0.2) is 0 Å². The van der Waals surface area contributed by atoms with Crippen molar-refractivity contribution in [1.82, 2.24) is 15.0 Å². The van der Waals surface area contributed by atoms with Crippen LogP contribution in [0.15, 0.2) is 24.8 Å². The fraction of sp³-hybridized carbons (Fsp3) is 0. The van der Waals surface area contributed by atoms with Crippen molar-refractivity contribution in [2.75, 3.05) is 0 Å². The first-order chi connectivity index (χ1) is 4.47. The maximum absolute atomic E-state index is 3.97. The zero-order valence-electron chi connectivity index (χ0n) is 5.11. The van der Waals surface area contributed by atoms with Crippen LogP contribution in [0.25, 0.3) is 11.0 Å². The van der Waals surface area contributed by atoms with Crippen LogP contribution >= 0.6 is 24.0 Å². The molecule has 0 amide bonds. The summed E-state index contributed by atoms with van der Waals surface area (Å²) in [7, 11) is 0. The Morgan fingerprint density at radius 2 is 2.30 bits per heavy atom. The van der Waals surface area contributed by atoms with Crippen LogP contribution in [0.4, 0.5) is 0 Å². The van der Waals surface area contributed by atoms with Crippen molar-refractivity contribution >= 4 is 35.0 Å². The van der Waals surface area contributed by atoms with E-state index in [1.165, 1.54) is 6.33 Å². The molecular formula is C6H6IN3. The lowest BCUT2D eigenvalue weighted by molar-refractivity contribution is 1.20. The smallest absolute Gasteiger partial charge is 0.140 e. The van der Waals surface area contributed by atoms with Gasteiger partial charge in [0.25, 0.3) is 0 Å². The monoisotopic (exact) mass is 247 g/mol. The average molecular weight is 247 g/mol. The predicted molar refractivity (Wildman–Crippen MR) is 49.3 cm³/mol. The molecule has 3 nitrogen and oxygen atoms in total. The third kappa shape index (κ3) is 1.11. The van der Waals surface area contributed by atoms with Gasteiger partial charge in [-0.05, 0) is 6.07 Å². The van der Waals surface area contributed by atoms with Gasteiger partial charge < -0.3 is 4.98 Å². The number of H-pyrrole nitrogens is 1. The summed E-state index contributed by atoms with van der Waals surface area (Å²) in [5, 5.41) is 1.05. The van der Waals surface area contributed by atoms with Gasteiger partial charge in [0.2, 0.25) is 0 Å². The minimum atomic E-state index is 0. The number of aromatic nitrogens is 3. The quantitative estimate of drug-likeness (QED) is 0.718. The summed E-state index contributed by atoms with van der Waals surface area (Å²) in [6.45, 7) is 0. The highest BCUT2D eigenvalue weighted by Crippen LogP contribution is 2.03. The highest BCUT2D eigenvalue weighted by atomic mass is 127. The molecule has 0 aromatic carbocycles. The minimum absolute atomic E-state index is 0. The zero-order valence-corrected chi connectivity index (χ0v) is 7.44. The van der Waals surface area contributed by atoms with Gasteiger partial charge in [0.05, 0.1) is 0 Å². The Labute approximate surface area is 74.9 Å². The van der Waals surface area contributed by atoms with Crippen molar-refractivity contribution in [1.29, 1.82) is 0 Å². The number of nitrogens with one attached hydrogen (secondary N) is 1. The van der Waals surface area contributed by atoms with E-state index in [4.69, 9.17) is 0 Å². The summed E-state index contributed by atoms with van der Waals surface area (Å²) in [5.41, 5.74) is 0.894. The first kappa shape index (κ1) is 7.46. The molecule has 0 aliphatic carbocycles. The molecule has 2 heterocycles. The molecule has 2 aromatic heterocycles. The summed E-state index contributed by atoms with van der Waals surface area (Å²) in [6.07, 6.45) is 5.15. The number of hydrogen-bond acceptors (Lipinski definition) is 2. The van der Waals surface area contributed by atoms with Crippen LogP contribution in [0.3, 0.4) is 0 Å². The summed E-state index contributed by atoms with van der Waals surface area (Å²) in [5.74, 6) is 0. The topological polar surface area (TPSA) is 41.6 Å². The molecule has 0 saturated heterocycles. The van der Waals surface area contributed by atoms with Crippen LogP contribution in [0.5, 0.6) is 0 Å². The van der Waals surface area contributed by atoms with Gasteiger partial charge in [-0.1, -0.05) is 0 Å². The van der Waals surface area contributed by atoms with Gasteiger partial charge in [0, 0.05) is 17.8 Å². The molecule has 52 valence electrons. The molecule has 0 radical (unpaired) electrons. The van der Waals surface area contributed by atoms with E-state index < -0.39 is 0 Å². The molecule has 10 heavy (non-hydrogen) atoms. The lowest BCUT2D eigenvalue weighted by Crippen LogP contribution is -1.75. The van der Waals surface area contributed by atoms with Crippen LogP contribution in [-0.4, -0.2) is 15.0 Å². The first-order valence-corrected chi connectivity index (χ1v) is 2.70. The van der Waals surface area contributed by atoms with E-state index in [9.17, 15) is 0 Å². The van der Waals surface area contributed by atoms with Crippen molar-refractivity contribution in [3.05, 3.63) is 24.8 Å². The third-order valence-electron chi connectivity index (χ3n) is 1.22. The Balaban J connectivity index is 0.000000500. The molecule has 0 aliphatic heterocycles. The molecule has 0 unspecified atom stereocenters. The number of hydrogen-bond donors (Lipinski definition) is 1. The second-order valence-corrected chi connectivity index (χ2v) is 1.80. The van der Waals surface area contributed by atoms with Crippen molar-refractivity contribution in [3.8, 4) is 0 Å². The van der Waals surface area contributed by atoms with Crippen molar-refractivity contribution < 1.29 is 0 Å². The Morgan fingerprint density at radius 3 is 3.10 bits per heavy atom. The Morgan fingerprint density at radius 1 is 1.40 bits per heavy atom. The van der Waals surface area contributed by atoms with Crippen molar-refractivity contribution in [2.45, 2.75) is 0 Å². The van der Waals surface area contributed by atoms with E-state index >= 15 is 0 Å². The fourth-order valence-electron chi connectivity index (χ4n) is 0.793. The van der Waals surface area contributed by atoms with Crippen molar-refractivity contribution in [3.63, 3.8) is 0 Å². The second kappa shape index (κ2) is 2.96. The maximum Gasteiger partial charge on any atom is 0.140 e. The Hall–Kier alpha value is -0.650. The number of nitrogens with zero attached hydrogens (tertiary/aromatic N) is 2. The molecule has 0 saturated carbocycles. The Kier molecular flexibility index (Phi) is 2.21. The Bertz CT molecular complexity index is 287. The summed E-state index contributed by atoms with van der Waals surface area (Å²) >= 11 is 0. The lowest BCUT2D eigenvalue weighted by atomic mass is 10.4. The van der Waals surface area contributed by atoms with Crippen LogP contribution in [0.1, 0.15) is 0 Å². The molecule has 4 heteroatoms. The third-order valence-corrected chi connectivity index (χ3v) is 1.22. The van der Waals surface area contributed by atoms with Gasteiger partial charge in [-0.2, -0.15) is 0 Å². The second-order valence-electron chi connectivity index (χ2n) is 1.80. The largest absolute Gasteiger partial charge is 0.346 e. The van der Waals surface area contributed by atoms with Crippen LogP contribution in [0.2, 0.25) is 0 Å². The molecule has 0 spiro atoms. The van der Waals surface area contributed by atoms with E-state index in [1.54, 1.807) is 6.20 Å². The summed E-state index contributed by atoms with van der Waals surface area (Å²) in [4.78, 5) is 10.8. The number of aromatic amines is 1. The number of fused-ring (bicyclic) bond motifs is 1. The molecule has 0 atom stereocenters. The molecular weight excluding hydrogens is 241 g/mol. The van der Waals surface area contributed by atoms with E-state index in [2.05, 4.69) is 15.0 Å². The molecule has 2 aromatic rings. The number of rotatable bonds is 0.